The molecule has 120 valence electrons. The molecule has 2 N–H and O–H groups in total. The number of rotatable bonds is 4. The van der Waals surface area contributed by atoms with Gasteiger partial charge in [0, 0.05) is 17.3 Å². The van der Waals surface area contributed by atoms with E-state index in [1.807, 2.05) is 11.8 Å². The zero-order valence-electron chi connectivity index (χ0n) is 13.3. The smallest absolute Gasteiger partial charge is 0.237 e. The number of hydrogen-bond donors (Lipinski definition) is 2. The van der Waals surface area contributed by atoms with Crippen molar-refractivity contribution in [1.82, 2.24) is 10.6 Å². The fourth-order valence-electron chi connectivity index (χ4n) is 4.54. The quantitative estimate of drug-likeness (QED) is 0.838. The Labute approximate surface area is 133 Å². The molecule has 3 rings (SSSR count). The van der Waals surface area contributed by atoms with E-state index in [0.717, 1.165) is 18.9 Å². The van der Waals surface area contributed by atoms with Crippen molar-refractivity contribution in [2.75, 3.05) is 12.8 Å². The molecule has 1 heterocycles. The highest BCUT2D eigenvalue weighted by Crippen LogP contribution is 2.38. The van der Waals surface area contributed by atoms with Crippen LogP contribution in [0.2, 0.25) is 0 Å². The predicted molar refractivity (Wildman–Crippen MR) is 89.6 cm³/mol. The van der Waals surface area contributed by atoms with E-state index in [1.165, 1.54) is 57.8 Å². The molecule has 1 saturated heterocycles. The van der Waals surface area contributed by atoms with E-state index in [1.54, 1.807) is 0 Å². The summed E-state index contributed by atoms with van der Waals surface area (Å²) in [4.78, 5) is 12.5. The molecule has 1 aliphatic heterocycles. The SMILES string of the molecule is CSC1(CNC(=O)C2CC3CCCCC3N2)CCCCC1. The Bertz CT molecular complexity index is 354. The third-order valence-electron chi connectivity index (χ3n) is 5.96. The van der Waals surface area contributed by atoms with Gasteiger partial charge < -0.3 is 10.6 Å². The van der Waals surface area contributed by atoms with E-state index in [0.29, 0.717) is 10.8 Å². The van der Waals surface area contributed by atoms with Gasteiger partial charge in [-0.05, 0) is 44.3 Å². The number of hydrogen-bond acceptors (Lipinski definition) is 3. The maximum Gasteiger partial charge on any atom is 0.237 e. The molecule has 3 nitrogen and oxygen atoms in total. The molecular weight excluding hydrogens is 280 g/mol. The van der Waals surface area contributed by atoms with Crippen molar-refractivity contribution in [1.29, 1.82) is 0 Å². The molecule has 3 unspecified atom stereocenters. The van der Waals surface area contributed by atoms with Gasteiger partial charge in [-0.2, -0.15) is 11.8 Å². The van der Waals surface area contributed by atoms with Crippen LogP contribution in [0.3, 0.4) is 0 Å². The first-order chi connectivity index (χ1) is 10.2. The standard InChI is InChI=1S/C17H30N2OS/c1-21-17(9-5-2-6-10-17)12-18-16(20)15-11-13-7-3-4-8-14(13)19-15/h13-15,19H,2-12H2,1H3,(H,18,20). The predicted octanol–water partition coefficient (Wildman–Crippen LogP) is 3.09. The van der Waals surface area contributed by atoms with Crippen molar-refractivity contribution < 1.29 is 4.79 Å². The van der Waals surface area contributed by atoms with Crippen LogP contribution in [0.1, 0.15) is 64.2 Å². The fraction of sp³-hybridized carbons (Fsp3) is 0.941. The molecule has 0 aromatic heterocycles. The molecule has 3 atom stereocenters. The average molecular weight is 311 g/mol. The van der Waals surface area contributed by atoms with Gasteiger partial charge in [0.1, 0.15) is 0 Å². The summed E-state index contributed by atoms with van der Waals surface area (Å²) in [5.74, 6) is 1.00. The number of fused-ring (bicyclic) bond motifs is 1. The molecule has 0 radical (unpaired) electrons. The third-order valence-corrected chi connectivity index (χ3v) is 7.38. The Hall–Kier alpha value is -0.220. The molecule has 0 bridgehead atoms. The second-order valence-corrected chi connectivity index (χ2v) is 8.55. The number of amides is 1. The zero-order chi connectivity index (χ0) is 14.7. The van der Waals surface area contributed by atoms with Crippen molar-refractivity contribution in [3.8, 4) is 0 Å². The van der Waals surface area contributed by atoms with Gasteiger partial charge in [-0.1, -0.05) is 32.1 Å². The second-order valence-electron chi connectivity index (χ2n) is 7.27. The minimum absolute atomic E-state index is 0.0700. The van der Waals surface area contributed by atoms with Gasteiger partial charge in [-0.25, -0.2) is 0 Å². The Kier molecular flexibility index (Phi) is 5.15. The molecule has 3 fully saturated rings. The number of carbonyl (C=O) groups is 1. The summed E-state index contributed by atoms with van der Waals surface area (Å²) in [6.45, 7) is 0.862. The van der Waals surface area contributed by atoms with E-state index < -0.39 is 0 Å². The Morgan fingerprint density at radius 2 is 1.95 bits per heavy atom. The first-order valence-corrected chi connectivity index (χ1v) is 10.0. The average Bonchev–Trinajstić information content (AvgIpc) is 2.97. The van der Waals surface area contributed by atoms with Crippen LogP contribution in [-0.2, 0) is 4.79 Å². The van der Waals surface area contributed by atoms with Crippen LogP contribution in [0.15, 0.2) is 0 Å². The molecule has 4 heteroatoms. The van der Waals surface area contributed by atoms with E-state index in [9.17, 15) is 4.79 Å². The van der Waals surface area contributed by atoms with Crippen LogP contribution in [0.5, 0.6) is 0 Å². The number of nitrogens with one attached hydrogen (secondary N) is 2. The Morgan fingerprint density at radius 1 is 1.19 bits per heavy atom. The summed E-state index contributed by atoms with van der Waals surface area (Å²) >= 11 is 1.96. The van der Waals surface area contributed by atoms with Crippen molar-refractivity contribution in [3.63, 3.8) is 0 Å². The Morgan fingerprint density at radius 3 is 2.67 bits per heavy atom. The van der Waals surface area contributed by atoms with Gasteiger partial charge in [0.15, 0.2) is 0 Å². The highest BCUT2D eigenvalue weighted by atomic mass is 32.2. The monoisotopic (exact) mass is 310 g/mol. The number of thioether (sulfide) groups is 1. The van der Waals surface area contributed by atoms with Gasteiger partial charge in [-0.3, -0.25) is 4.79 Å². The van der Waals surface area contributed by atoms with Crippen LogP contribution < -0.4 is 10.6 Å². The van der Waals surface area contributed by atoms with Gasteiger partial charge in [0.05, 0.1) is 6.04 Å². The normalized spacial score (nSPS) is 35.2. The minimum atomic E-state index is 0.0700. The van der Waals surface area contributed by atoms with Gasteiger partial charge >= 0.3 is 0 Å². The first kappa shape index (κ1) is 15.7. The van der Waals surface area contributed by atoms with Crippen molar-refractivity contribution in [3.05, 3.63) is 0 Å². The van der Waals surface area contributed by atoms with E-state index in [-0.39, 0.29) is 11.9 Å². The van der Waals surface area contributed by atoms with Gasteiger partial charge in [0.25, 0.3) is 0 Å². The summed E-state index contributed by atoms with van der Waals surface area (Å²) in [6.07, 6.45) is 15.1. The molecular formula is C17H30N2OS. The lowest BCUT2D eigenvalue weighted by atomic mass is 9.85. The van der Waals surface area contributed by atoms with E-state index in [2.05, 4.69) is 16.9 Å². The number of carbonyl (C=O) groups excluding carboxylic acids is 1. The van der Waals surface area contributed by atoms with Gasteiger partial charge in [0.2, 0.25) is 5.91 Å². The lowest BCUT2D eigenvalue weighted by molar-refractivity contribution is -0.123. The van der Waals surface area contributed by atoms with Crippen LogP contribution in [-0.4, -0.2) is 35.5 Å². The molecule has 21 heavy (non-hydrogen) atoms. The summed E-state index contributed by atoms with van der Waals surface area (Å²) in [6, 6.07) is 0.680. The summed E-state index contributed by atoms with van der Waals surface area (Å²) in [5.41, 5.74) is 0. The molecule has 2 saturated carbocycles. The second kappa shape index (κ2) is 6.91. The first-order valence-electron chi connectivity index (χ1n) is 8.81. The molecule has 2 aliphatic carbocycles. The minimum Gasteiger partial charge on any atom is -0.353 e. The summed E-state index contributed by atoms with van der Waals surface area (Å²) < 4.78 is 0.305. The maximum absolute atomic E-state index is 12.5. The largest absolute Gasteiger partial charge is 0.353 e. The van der Waals surface area contributed by atoms with E-state index >= 15 is 0 Å². The van der Waals surface area contributed by atoms with Crippen molar-refractivity contribution >= 4 is 17.7 Å². The summed E-state index contributed by atoms with van der Waals surface area (Å²) in [5, 5.41) is 6.87. The molecule has 3 aliphatic rings. The highest BCUT2D eigenvalue weighted by Gasteiger charge is 2.39. The van der Waals surface area contributed by atoms with E-state index in [4.69, 9.17) is 0 Å². The summed E-state index contributed by atoms with van der Waals surface area (Å²) in [7, 11) is 0. The molecule has 1 amide bonds. The zero-order valence-corrected chi connectivity index (χ0v) is 14.1. The van der Waals surface area contributed by atoms with Crippen molar-refractivity contribution in [2.45, 2.75) is 81.0 Å². The molecule has 0 aromatic carbocycles. The van der Waals surface area contributed by atoms with Crippen LogP contribution >= 0.6 is 11.8 Å². The lowest BCUT2D eigenvalue weighted by Gasteiger charge is -2.36. The highest BCUT2D eigenvalue weighted by molar-refractivity contribution is 8.00. The van der Waals surface area contributed by atoms with Crippen LogP contribution in [0.25, 0.3) is 0 Å². The van der Waals surface area contributed by atoms with Crippen LogP contribution in [0, 0.1) is 5.92 Å². The molecule has 0 aromatic rings. The maximum atomic E-state index is 12.5. The fourth-order valence-corrected chi connectivity index (χ4v) is 5.46. The Balaban J connectivity index is 1.50. The topological polar surface area (TPSA) is 41.1 Å². The lowest BCUT2D eigenvalue weighted by Crippen LogP contribution is -2.48. The molecule has 0 spiro atoms. The van der Waals surface area contributed by atoms with Gasteiger partial charge in [-0.15, -0.1) is 0 Å². The van der Waals surface area contributed by atoms with Crippen LogP contribution in [0.4, 0.5) is 0 Å². The third kappa shape index (κ3) is 3.58. The van der Waals surface area contributed by atoms with Crippen molar-refractivity contribution in [2.24, 2.45) is 5.92 Å².